The summed E-state index contributed by atoms with van der Waals surface area (Å²) in [5.41, 5.74) is 0. The Balaban J connectivity index is 1.88. The van der Waals surface area contributed by atoms with Gasteiger partial charge in [0.1, 0.15) is 0 Å². The van der Waals surface area contributed by atoms with Gasteiger partial charge in [0.15, 0.2) is 0 Å². The second kappa shape index (κ2) is 3.35. The molecule has 2 heteroatoms. The average molecular weight is 169 g/mol. The number of likely N-dealkylation sites (tertiary alicyclic amines) is 1. The molecule has 2 rings (SSSR count). The molecule has 12 heavy (non-hydrogen) atoms. The second-order valence-electron chi connectivity index (χ2n) is 4.14. The van der Waals surface area contributed by atoms with E-state index in [1.54, 1.807) is 0 Å². The molecular weight excluding hydrogens is 150 g/mol. The van der Waals surface area contributed by atoms with Gasteiger partial charge in [0.05, 0.1) is 12.7 Å². The van der Waals surface area contributed by atoms with Crippen LogP contribution in [0.2, 0.25) is 0 Å². The van der Waals surface area contributed by atoms with Crippen molar-refractivity contribution in [3.05, 3.63) is 0 Å². The Hall–Kier alpha value is -0.0800. The third-order valence-electron chi connectivity index (χ3n) is 3.24. The van der Waals surface area contributed by atoms with Crippen molar-refractivity contribution in [1.82, 2.24) is 4.90 Å². The molecule has 0 aromatic carbocycles. The number of nitrogens with zero attached hydrogens (tertiary/aromatic N) is 1. The van der Waals surface area contributed by atoms with Crippen LogP contribution in [-0.4, -0.2) is 36.2 Å². The fraction of sp³-hybridized carbons (Fsp3) is 1.00. The summed E-state index contributed by atoms with van der Waals surface area (Å²) < 4.78 is 5.27. The van der Waals surface area contributed by atoms with E-state index in [1.165, 1.54) is 25.8 Å². The maximum Gasteiger partial charge on any atom is 0.0936 e. The van der Waals surface area contributed by atoms with Crippen LogP contribution in [0, 0.1) is 0 Å². The molecule has 0 amide bonds. The van der Waals surface area contributed by atoms with Crippen LogP contribution in [0.5, 0.6) is 0 Å². The Labute approximate surface area is 74.9 Å². The SMILES string of the molecule is CCC1CCC(C)N1CC1CO1. The van der Waals surface area contributed by atoms with Crippen LogP contribution < -0.4 is 0 Å². The van der Waals surface area contributed by atoms with Crippen molar-refractivity contribution in [1.29, 1.82) is 0 Å². The topological polar surface area (TPSA) is 15.8 Å². The van der Waals surface area contributed by atoms with Gasteiger partial charge in [0.2, 0.25) is 0 Å². The molecule has 2 fully saturated rings. The summed E-state index contributed by atoms with van der Waals surface area (Å²) in [6, 6.07) is 1.63. The van der Waals surface area contributed by atoms with Gasteiger partial charge in [0.25, 0.3) is 0 Å². The first-order chi connectivity index (χ1) is 5.81. The van der Waals surface area contributed by atoms with Crippen LogP contribution >= 0.6 is 0 Å². The second-order valence-corrected chi connectivity index (χ2v) is 4.14. The first kappa shape index (κ1) is 8.52. The van der Waals surface area contributed by atoms with Gasteiger partial charge in [-0.25, -0.2) is 0 Å². The monoisotopic (exact) mass is 169 g/mol. The standard InChI is InChI=1S/C10H19NO/c1-3-9-5-4-8(2)11(9)6-10-7-12-10/h8-10H,3-7H2,1-2H3. The van der Waals surface area contributed by atoms with Gasteiger partial charge in [-0.2, -0.15) is 0 Å². The van der Waals surface area contributed by atoms with Crippen molar-refractivity contribution in [2.75, 3.05) is 13.2 Å². The molecule has 0 aromatic heterocycles. The summed E-state index contributed by atoms with van der Waals surface area (Å²) in [7, 11) is 0. The van der Waals surface area contributed by atoms with Gasteiger partial charge < -0.3 is 4.74 Å². The molecule has 2 heterocycles. The maximum atomic E-state index is 5.27. The van der Waals surface area contributed by atoms with E-state index >= 15 is 0 Å². The molecule has 0 saturated carbocycles. The van der Waals surface area contributed by atoms with E-state index in [2.05, 4.69) is 18.7 Å². The lowest BCUT2D eigenvalue weighted by atomic mass is 10.1. The smallest absolute Gasteiger partial charge is 0.0936 e. The van der Waals surface area contributed by atoms with Crippen LogP contribution in [0.1, 0.15) is 33.1 Å². The predicted octanol–water partition coefficient (Wildman–Crippen LogP) is 1.65. The lowest BCUT2D eigenvalue weighted by Crippen LogP contribution is -2.37. The first-order valence-corrected chi connectivity index (χ1v) is 5.18. The minimum atomic E-state index is 0.569. The molecule has 2 nitrogen and oxygen atoms in total. The van der Waals surface area contributed by atoms with Gasteiger partial charge in [-0.05, 0) is 26.2 Å². The van der Waals surface area contributed by atoms with Crippen molar-refractivity contribution < 1.29 is 4.74 Å². The molecule has 3 atom stereocenters. The van der Waals surface area contributed by atoms with Crippen LogP contribution in [0.15, 0.2) is 0 Å². The molecule has 0 aromatic rings. The molecule has 0 N–H and O–H groups in total. The molecule has 3 unspecified atom stereocenters. The zero-order chi connectivity index (χ0) is 8.55. The summed E-state index contributed by atoms with van der Waals surface area (Å²) in [5.74, 6) is 0. The Morgan fingerprint density at radius 1 is 1.42 bits per heavy atom. The van der Waals surface area contributed by atoms with Crippen molar-refractivity contribution in [3.8, 4) is 0 Å². The van der Waals surface area contributed by atoms with Crippen molar-refractivity contribution in [2.45, 2.75) is 51.3 Å². The molecule has 2 aliphatic heterocycles. The van der Waals surface area contributed by atoms with Gasteiger partial charge in [-0.3, -0.25) is 4.90 Å². The van der Waals surface area contributed by atoms with Crippen molar-refractivity contribution in [3.63, 3.8) is 0 Å². The fourth-order valence-corrected chi connectivity index (χ4v) is 2.30. The molecule has 0 aliphatic carbocycles. The summed E-state index contributed by atoms with van der Waals surface area (Å²) in [6.45, 7) is 6.82. The molecule has 0 radical (unpaired) electrons. The number of hydrogen-bond donors (Lipinski definition) is 0. The van der Waals surface area contributed by atoms with E-state index in [0.29, 0.717) is 6.10 Å². The minimum absolute atomic E-state index is 0.569. The van der Waals surface area contributed by atoms with E-state index in [0.717, 1.165) is 18.7 Å². The van der Waals surface area contributed by atoms with Crippen molar-refractivity contribution in [2.24, 2.45) is 0 Å². The van der Waals surface area contributed by atoms with Crippen molar-refractivity contribution >= 4 is 0 Å². The fourth-order valence-electron chi connectivity index (χ4n) is 2.30. The third kappa shape index (κ3) is 1.64. The highest BCUT2D eigenvalue weighted by atomic mass is 16.6. The van der Waals surface area contributed by atoms with Crippen LogP contribution in [0.4, 0.5) is 0 Å². The van der Waals surface area contributed by atoms with Gasteiger partial charge in [-0.15, -0.1) is 0 Å². The molecule has 2 aliphatic rings. The lowest BCUT2D eigenvalue weighted by molar-refractivity contribution is 0.179. The normalized spacial score (nSPS) is 42.0. The van der Waals surface area contributed by atoms with Crippen LogP contribution in [-0.2, 0) is 4.74 Å². The molecule has 70 valence electrons. The minimum Gasteiger partial charge on any atom is -0.372 e. The Bertz CT molecular complexity index is 156. The summed E-state index contributed by atoms with van der Waals surface area (Å²) in [4.78, 5) is 2.64. The maximum absolute atomic E-state index is 5.27. The Morgan fingerprint density at radius 2 is 2.17 bits per heavy atom. The highest BCUT2D eigenvalue weighted by Gasteiger charge is 2.34. The highest BCUT2D eigenvalue weighted by Crippen LogP contribution is 2.27. The largest absolute Gasteiger partial charge is 0.372 e. The Morgan fingerprint density at radius 3 is 2.75 bits per heavy atom. The van der Waals surface area contributed by atoms with E-state index in [4.69, 9.17) is 4.74 Å². The van der Waals surface area contributed by atoms with Gasteiger partial charge in [0, 0.05) is 18.6 Å². The van der Waals surface area contributed by atoms with E-state index in [-0.39, 0.29) is 0 Å². The zero-order valence-electron chi connectivity index (χ0n) is 8.12. The van der Waals surface area contributed by atoms with E-state index in [1.807, 2.05) is 0 Å². The summed E-state index contributed by atoms with van der Waals surface area (Å²) in [5, 5.41) is 0. The predicted molar refractivity (Wildman–Crippen MR) is 49.2 cm³/mol. The number of hydrogen-bond acceptors (Lipinski definition) is 2. The molecule has 0 bridgehead atoms. The van der Waals surface area contributed by atoms with Gasteiger partial charge in [-0.1, -0.05) is 6.92 Å². The van der Waals surface area contributed by atoms with Gasteiger partial charge >= 0.3 is 0 Å². The quantitative estimate of drug-likeness (QED) is 0.597. The summed E-state index contributed by atoms with van der Waals surface area (Å²) >= 11 is 0. The van der Waals surface area contributed by atoms with Crippen LogP contribution in [0.3, 0.4) is 0 Å². The first-order valence-electron chi connectivity index (χ1n) is 5.18. The molecular formula is C10H19NO. The number of rotatable bonds is 3. The third-order valence-corrected chi connectivity index (χ3v) is 3.24. The van der Waals surface area contributed by atoms with E-state index in [9.17, 15) is 0 Å². The lowest BCUT2D eigenvalue weighted by Gasteiger charge is -2.26. The van der Waals surface area contributed by atoms with Crippen LogP contribution in [0.25, 0.3) is 0 Å². The Kier molecular flexibility index (Phi) is 2.37. The zero-order valence-corrected chi connectivity index (χ0v) is 8.12. The highest BCUT2D eigenvalue weighted by molar-refractivity contribution is 4.88. The molecule has 2 saturated heterocycles. The number of epoxide rings is 1. The summed E-state index contributed by atoms with van der Waals surface area (Å²) in [6.07, 6.45) is 4.65. The average Bonchev–Trinajstić information content (AvgIpc) is 2.80. The van der Waals surface area contributed by atoms with E-state index < -0.39 is 0 Å². The molecule has 0 spiro atoms. The number of ether oxygens (including phenoxy) is 1.